The monoisotopic (exact) mass is 472 g/mol. The molecule has 2 aromatic heterocycles. The largest absolute Gasteiger partial charge is 0.330 e. The highest BCUT2D eigenvalue weighted by molar-refractivity contribution is 5.82. The predicted molar refractivity (Wildman–Crippen MR) is 145 cm³/mol. The lowest BCUT2D eigenvalue weighted by Gasteiger charge is -2.21. The molecule has 0 amide bonds. The molecule has 6 heteroatoms. The first-order valence-electron chi connectivity index (χ1n) is 12.9. The standard InChI is InChI=1S/C29H40N6/c1-18-14-24-28(22(5)20(18)3)32(7)26(30-24)16-34-10-9-11-35(13-12-34)17-27-31-25-15-19(2)21(4)23(6)29(25)33(27)8/h14-15H,9-13,16-17H2,1-8H3. The van der Waals surface area contributed by atoms with Gasteiger partial charge in [0.05, 0.1) is 35.2 Å². The smallest absolute Gasteiger partial charge is 0.123 e. The first-order valence-corrected chi connectivity index (χ1v) is 12.9. The van der Waals surface area contributed by atoms with Crippen molar-refractivity contribution in [3.8, 4) is 0 Å². The molecular formula is C29H40N6. The normalized spacial score (nSPS) is 16.0. The average molecular weight is 473 g/mol. The van der Waals surface area contributed by atoms with E-state index in [0.29, 0.717) is 0 Å². The Bertz CT molecular complexity index is 1320. The van der Waals surface area contributed by atoms with E-state index in [-0.39, 0.29) is 0 Å². The summed E-state index contributed by atoms with van der Waals surface area (Å²) in [5.74, 6) is 2.33. The molecule has 0 radical (unpaired) electrons. The summed E-state index contributed by atoms with van der Waals surface area (Å²) in [4.78, 5) is 15.2. The Balaban J connectivity index is 1.31. The van der Waals surface area contributed by atoms with Crippen LogP contribution in [-0.2, 0) is 27.2 Å². The van der Waals surface area contributed by atoms with Crippen LogP contribution in [0.5, 0.6) is 0 Å². The molecule has 186 valence electrons. The molecule has 0 aliphatic carbocycles. The van der Waals surface area contributed by atoms with Crippen LogP contribution < -0.4 is 0 Å². The minimum absolute atomic E-state index is 0.903. The lowest BCUT2D eigenvalue weighted by Crippen LogP contribution is -2.31. The van der Waals surface area contributed by atoms with Gasteiger partial charge in [0.2, 0.25) is 0 Å². The number of fused-ring (bicyclic) bond motifs is 2. The molecule has 6 nitrogen and oxygen atoms in total. The molecule has 4 aromatic rings. The van der Waals surface area contributed by atoms with Gasteiger partial charge in [-0.3, -0.25) is 9.80 Å². The van der Waals surface area contributed by atoms with Gasteiger partial charge in [-0.1, -0.05) is 0 Å². The molecule has 5 rings (SSSR count). The van der Waals surface area contributed by atoms with Crippen molar-refractivity contribution < 1.29 is 0 Å². The Kier molecular flexibility index (Phi) is 6.22. The number of rotatable bonds is 4. The molecule has 0 unspecified atom stereocenters. The van der Waals surface area contributed by atoms with E-state index < -0.39 is 0 Å². The van der Waals surface area contributed by atoms with E-state index in [0.717, 1.165) is 62.0 Å². The van der Waals surface area contributed by atoms with Crippen molar-refractivity contribution in [3.63, 3.8) is 0 Å². The van der Waals surface area contributed by atoms with E-state index in [4.69, 9.17) is 9.97 Å². The fourth-order valence-corrected chi connectivity index (χ4v) is 5.82. The van der Waals surface area contributed by atoms with Gasteiger partial charge in [-0.05, 0) is 107 Å². The third kappa shape index (κ3) is 4.17. The summed E-state index contributed by atoms with van der Waals surface area (Å²) in [7, 11) is 4.35. The molecule has 1 aliphatic rings. The second-order valence-electron chi connectivity index (χ2n) is 10.7. The predicted octanol–water partition coefficient (Wildman–Crippen LogP) is 5.02. The van der Waals surface area contributed by atoms with Gasteiger partial charge in [-0.25, -0.2) is 9.97 Å². The maximum absolute atomic E-state index is 5.04. The van der Waals surface area contributed by atoms with Gasteiger partial charge in [0.25, 0.3) is 0 Å². The first-order chi connectivity index (χ1) is 16.7. The molecule has 0 spiro atoms. The van der Waals surface area contributed by atoms with Crippen LogP contribution in [-0.4, -0.2) is 55.1 Å². The molecule has 1 saturated heterocycles. The Hall–Kier alpha value is -2.70. The Morgan fingerprint density at radius 3 is 1.40 bits per heavy atom. The molecule has 2 aromatic carbocycles. The second kappa shape index (κ2) is 9.07. The van der Waals surface area contributed by atoms with Crippen molar-refractivity contribution in [3.05, 3.63) is 57.2 Å². The highest BCUT2D eigenvalue weighted by atomic mass is 15.2. The maximum atomic E-state index is 5.04. The fraction of sp³-hybridized carbons (Fsp3) is 0.517. The van der Waals surface area contributed by atoms with Gasteiger partial charge in [-0.2, -0.15) is 0 Å². The van der Waals surface area contributed by atoms with Crippen LogP contribution in [0, 0.1) is 41.5 Å². The van der Waals surface area contributed by atoms with Gasteiger partial charge in [0, 0.05) is 27.2 Å². The number of hydrogen-bond donors (Lipinski definition) is 0. The average Bonchev–Trinajstić information content (AvgIpc) is 3.17. The van der Waals surface area contributed by atoms with Crippen LogP contribution >= 0.6 is 0 Å². The number of aryl methyl sites for hydroxylation is 6. The first kappa shape index (κ1) is 24.0. The fourth-order valence-electron chi connectivity index (χ4n) is 5.82. The third-order valence-electron chi connectivity index (χ3n) is 8.57. The van der Waals surface area contributed by atoms with E-state index in [1.165, 1.54) is 50.8 Å². The summed E-state index contributed by atoms with van der Waals surface area (Å²) in [6.07, 6.45) is 1.17. The lowest BCUT2D eigenvalue weighted by atomic mass is 10.0. The number of benzene rings is 2. The molecule has 0 N–H and O–H groups in total. The number of nitrogens with zero attached hydrogens (tertiary/aromatic N) is 6. The molecule has 1 fully saturated rings. The maximum Gasteiger partial charge on any atom is 0.123 e. The van der Waals surface area contributed by atoms with Crippen LogP contribution in [0.25, 0.3) is 22.1 Å². The van der Waals surface area contributed by atoms with Crippen molar-refractivity contribution in [1.29, 1.82) is 0 Å². The van der Waals surface area contributed by atoms with Gasteiger partial charge in [0.15, 0.2) is 0 Å². The molecule has 0 saturated carbocycles. The van der Waals surface area contributed by atoms with Crippen LogP contribution in [0.1, 0.15) is 51.5 Å². The van der Waals surface area contributed by atoms with Crippen molar-refractivity contribution in [2.45, 2.75) is 61.1 Å². The van der Waals surface area contributed by atoms with Crippen molar-refractivity contribution >= 4 is 22.1 Å². The molecule has 0 bridgehead atoms. The topological polar surface area (TPSA) is 42.1 Å². The highest BCUT2D eigenvalue weighted by Gasteiger charge is 2.21. The minimum atomic E-state index is 0.903. The number of hydrogen-bond acceptors (Lipinski definition) is 4. The molecule has 0 atom stereocenters. The summed E-state index contributed by atoms with van der Waals surface area (Å²) >= 11 is 0. The highest BCUT2D eigenvalue weighted by Crippen LogP contribution is 2.27. The van der Waals surface area contributed by atoms with Crippen molar-refractivity contribution in [2.24, 2.45) is 14.1 Å². The number of aromatic nitrogens is 4. The van der Waals surface area contributed by atoms with Crippen LogP contribution in [0.4, 0.5) is 0 Å². The van der Waals surface area contributed by atoms with E-state index in [9.17, 15) is 0 Å². The van der Waals surface area contributed by atoms with E-state index in [1.54, 1.807) is 0 Å². The zero-order chi connectivity index (χ0) is 25.0. The number of imidazole rings is 2. The van der Waals surface area contributed by atoms with Crippen molar-refractivity contribution in [2.75, 3.05) is 26.2 Å². The Morgan fingerprint density at radius 1 is 0.600 bits per heavy atom. The zero-order valence-electron chi connectivity index (χ0n) is 22.8. The zero-order valence-corrected chi connectivity index (χ0v) is 22.8. The lowest BCUT2D eigenvalue weighted by molar-refractivity contribution is 0.238. The second-order valence-corrected chi connectivity index (χ2v) is 10.7. The SMILES string of the molecule is Cc1cc2nc(CN3CCCN(Cc4nc5cc(C)c(C)c(C)c5n4C)CC3)n(C)c2c(C)c1C. The van der Waals surface area contributed by atoms with Crippen LogP contribution in [0.15, 0.2) is 12.1 Å². The van der Waals surface area contributed by atoms with Crippen LogP contribution in [0.3, 0.4) is 0 Å². The summed E-state index contributed by atoms with van der Waals surface area (Å²) in [5, 5.41) is 0. The third-order valence-corrected chi connectivity index (χ3v) is 8.57. The van der Waals surface area contributed by atoms with Gasteiger partial charge in [0.1, 0.15) is 11.6 Å². The van der Waals surface area contributed by atoms with E-state index in [2.05, 4.69) is 86.7 Å². The Labute approximate surface area is 209 Å². The van der Waals surface area contributed by atoms with E-state index in [1.807, 2.05) is 0 Å². The van der Waals surface area contributed by atoms with Crippen LogP contribution in [0.2, 0.25) is 0 Å². The molecule has 35 heavy (non-hydrogen) atoms. The van der Waals surface area contributed by atoms with Gasteiger partial charge >= 0.3 is 0 Å². The summed E-state index contributed by atoms with van der Waals surface area (Å²) in [6, 6.07) is 4.49. The van der Waals surface area contributed by atoms with Gasteiger partial charge < -0.3 is 9.13 Å². The minimum Gasteiger partial charge on any atom is -0.330 e. The van der Waals surface area contributed by atoms with Crippen molar-refractivity contribution in [1.82, 2.24) is 28.9 Å². The molecule has 1 aliphatic heterocycles. The quantitative estimate of drug-likeness (QED) is 0.418. The molecular weight excluding hydrogens is 432 g/mol. The molecule has 3 heterocycles. The summed E-state index contributed by atoms with van der Waals surface area (Å²) in [5.41, 5.74) is 12.9. The van der Waals surface area contributed by atoms with Gasteiger partial charge in [-0.15, -0.1) is 0 Å². The van der Waals surface area contributed by atoms with E-state index >= 15 is 0 Å². The summed E-state index contributed by atoms with van der Waals surface area (Å²) in [6.45, 7) is 19.4. The summed E-state index contributed by atoms with van der Waals surface area (Å²) < 4.78 is 4.62. The Morgan fingerprint density at radius 2 is 1.00 bits per heavy atom.